The maximum Gasteiger partial charge on any atom is 0.245 e. The van der Waals surface area contributed by atoms with Gasteiger partial charge in [-0.05, 0) is 50.3 Å². The number of nitrogens with zero attached hydrogens (tertiary/aromatic N) is 1. The van der Waals surface area contributed by atoms with Crippen LogP contribution in [0.1, 0.15) is 32.3 Å². The van der Waals surface area contributed by atoms with Gasteiger partial charge in [0.15, 0.2) is 0 Å². The highest BCUT2D eigenvalue weighted by atomic mass is 32.2. The van der Waals surface area contributed by atoms with E-state index < -0.39 is 10.0 Å². The molecule has 1 aliphatic rings. The van der Waals surface area contributed by atoms with E-state index in [0.717, 1.165) is 18.4 Å². The van der Waals surface area contributed by atoms with Crippen LogP contribution in [-0.4, -0.2) is 25.3 Å². The zero-order valence-electron chi connectivity index (χ0n) is 11.8. The fourth-order valence-electron chi connectivity index (χ4n) is 2.77. The zero-order valence-corrected chi connectivity index (χ0v) is 12.6. The van der Waals surface area contributed by atoms with Crippen LogP contribution in [0.4, 0.5) is 5.69 Å². The quantitative estimate of drug-likeness (QED) is 0.847. The van der Waals surface area contributed by atoms with Crippen LogP contribution in [0.15, 0.2) is 23.1 Å². The summed E-state index contributed by atoms with van der Waals surface area (Å²) in [5.74, 6) is 0.580. The number of sulfonamides is 1. The molecule has 1 aromatic rings. The topological polar surface area (TPSA) is 63.4 Å². The smallest absolute Gasteiger partial charge is 0.245 e. The van der Waals surface area contributed by atoms with Crippen molar-refractivity contribution < 1.29 is 8.42 Å². The summed E-state index contributed by atoms with van der Waals surface area (Å²) < 4.78 is 27.0. The van der Waals surface area contributed by atoms with Gasteiger partial charge >= 0.3 is 0 Å². The van der Waals surface area contributed by atoms with E-state index in [-0.39, 0.29) is 10.9 Å². The largest absolute Gasteiger partial charge is 0.398 e. The van der Waals surface area contributed by atoms with E-state index in [1.165, 1.54) is 0 Å². The molecular weight excluding hydrogens is 260 g/mol. The highest BCUT2D eigenvalue weighted by Gasteiger charge is 2.34. The number of nitrogen functional groups attached to an aromatic ring is 1. The number of hydrogen-bond donors (Lipinski definition) is 1. The average molecular weight is 282 g/mol. The first kappa shape index (κ1) is 14.3. The summed E-state index contributed by atoms with van der Waals surface area (Å²) in [6.07, 6.45) is 1.82. The molecule has 0 radical (unpaired) electrons. The lowest BCUT2D eigenvalue weighted by Gasteiger charge is -2.35. The molecule has 1 saturated heterocycles. The van der Waals surface area contributed by atoms with Gasteiger partial charge in [-0.3, -0.25) is 0 Å². The Morgan fingerprint density at radius 3 is 2.58 bits per heavy atom. The van der Waals surface area contributed by atoms with E-state index >= 15 is 0 Å². The first-order valence-corrected chi connectivity index (χ1v) is 8.14. The summed E-state index contributed by atoms with van der Waals surface area (Å²) in [6.45, 7) is 6.62. The van der Waals surface area contributed by atoms with Gasteiger partial charge < -0.3 is 5.73 Å². The van der Waals surface area contributed by atoms with E-state index in [9.17, 15) is 8.42 Å². The van der Waals surface area contributed by atoms with E-state index in [1.807, 2.05) is 13.8 Å². The van der Waals surface area contributed by atoms with Gasteiger partial charge in [0.05, 0.1) is 5.69 Å². The number of anilines is 1. The lowest BCUT2D eigenvalue weighted by molar-refractivity contribution is 0.220. The highest BCUT2D eigenvalue weighted by molar-refractivity contribution is 7.89. The molecule has 0 aliphatic carbocycles. The predicted octanol–water partition coefficient (Wildman–Crippen LogP) is 2.39. The standard InChI is InChI=1S/C14H22N2O2S/c1-10-4-5-14(13(15)9-10)19(17,18)16-7-6-11(2)8-12(16)3/h4-5,9,11-12H,6-8,15H2,1-3H3. The molecule has 1 aromatic carbocycles. The molecule has 19 heavy (non-hydrogen) atoms. The second kappa shape index (κ2) is 5.13. The Morgan fingerprint density at radius 2 is 2.00 bits per heavy atom. The van der Waals surface area contributed by atoms with Crippen molar-refractivity contribution in [3.63, 3.8) is 0 Å². The van der Waals surface area contributed by atoms with Crippen LogP contribution < -0.4 is 5.73 Å². The van der Waals surface area contributed by atoms with Crippen LogP contribution in [0, 0.1) is 12.8 Å². The van der Waals surface area contributed by atoms with Gasteiger partial charge in [-0.25, -0.2) is 8.42 Å². The summed E-state index contributed by atoms with van der Waals surface area (Å²) in [7, 11) is -3.47. The van der Waals surface area contributed by atoms with Gasteiger partial charge in [-0.2, -0.15) is 4.31 Å². The summed E-state index contributed by atoms with van der Waals surface area (Å²) in [5, 5.41) is 0. The lowest BCUT2D eigenvalue weighted by atomic mass is 9.95. The molecule has 0 amide bonds. The minimum atomic E-state index is -3.47. The Bertz CT molecular complexity index is 569. The summed E-state index contributed by atoms with van der Waals surface area (Å²) in [6, 6.07) is 5.16. The fourth-order valence-corrected chi connectivity index (χ4v) is 4.53. The van der Waals surface area contributed by atoms with Crippen LogP contribution in [0.3, 0.4) is 0 Å². The van der Waals surface area contributed by atoms with Crippen LogP contribution in [0.25, 0.3) is 0 Å². The van der Waals surface area contributed by atoms with E-state index in [2.05, 4.69) is 6.92 Å². The first-order chi connectivity index (χ1) is 8.82. The van der Waals surface area contributed by atoms with Gasteiger partial charge in [0.25, 0.3) is 0 Å². The Labute approximate surface area is 115 Å². The van der Waals surface area contributed by atoms with Crippen molar-refractivity contribution in [2.24, 2.45) is 5.92 Å². The SMILES string of the molecule is Cc1ccc(S(=O)(=O)N2CCC(C)CC2C)c(N)c1. The normalized spacial score (nSPS) is 25.4. The van der Waals surface area contributed by atoms with Gasteiger partial charge in [0.2, 0.25) is 10.0 Å². The van der Waals surface area contributed by atoms with Gasteiger partial charge in [-0.1, -0.05) is 13.0 Å². The van der Waals surface area contributed by atoms with Crippen molar-refractivity contribution in [3.05, 3.63) is 23.8 Å². The minimum absolute atomic E-state index is 0.0365. The molecular formula is C14H22N2O2S. The zero-order chi connectivity index (χ0) is 14.2. The number of benzene rings is 1. The molecule has 2 atom stereocenters. The van der Waals surface area contributed by atoms with E-state index in [4.69, 9.17) is 5.73 Å². The third-order valence-electron chi connectivity index (χ3n) is 3.83. The van der Waals surface area contributed by atoms with Gasteiger partial charge in [0.1, 0.15) is 4.90 Å². The monoisotopic (exact) mass is 282 g/mol. The number of aryl methyl sites for hydroxylation is 1. The number of hydrogen-bond acceptors (Lipinski definition) is 3. The van der Waals surface area contributed by atoms with E-state index in [1.54, 1.807) is 22.5 Å². The first-order valence-electron chi connectivity index (χ1n) is 6.70. The van der Waals surface area contributed by atoms with Gasteiger partial charge in [0, 0.05) is 12.6 Å². The molecule has 2 N–H and O–H groups in total. The molecule has 2 unspecified atom stereocenters. The van der Waals surface area contributed by atoms with Crippen molar-refractivity contribution in [2.75, 3.05) is 12.3 Å². The molecule has 2 rings (SSSR count). The molecule has 0 spiro atoms. The molecule has 1 aliphatic heterocycles. The predicted molar refractivity (Wildman–Crippen MR) is 77.3 cm³/mol. The van der Waals surface area contributed by atoms with Crippen LogP contribution >= 0.6 is 0 Å². The van der Waals surface area contributed by atoms with Crippen molar-refractivity contribution in [3.8, 4) is 0 Å². The third-order valence-corrected chi connectivity index (χ3v) is 5.92. The molecule has 5 heteroatoms. The lowest BCUT2D eigenvalue weighted by Crippen LogP contribution is -2.44. The third kappa shape index (κ3) is 2.77. The van der Waals surface area contributed by atoms with E-state index in [0.29, 0.717) is 18.2 Å². The molecule has 106 valence electrons. The molecule has 4 nitrogen and oxygen atoms in total. The fraction of sp³-hybridized carbons (Fsp3) is 0.571. The second-order valence-corrected chi connectivity index (χ2v) is 7.49. The number of nitrogens with two attached hydrogens (primary N) is 1. The molecule has 1 heterocycles. The Kier molecular flexibility index (Phi) is 3.87. The second-order valence-electron chi connectivity index (χ2n) is 5.64. The summed E-state index contributed by atoms with van der Waals surface area (Å²) in [5.41, 5.74) is 7.19. The summed E-state index contributed by atoms with van der Waals surface area (Å²) in [4.78, 5) is 0.236. The number of rotatable bonds is 2. The Balaban J connectivity index is 2.37. The summed E-state index contributed by atoms with van der Waals surface area (Å²) >= 11 is 0. The van der Waals surface area contributed by atoms with Crippen LogP contribution in [-0.2, 0) is 10.0 Å². The van der Waals surface area contributed by atoms with Crippen molar-refractivity contribution >= 4 is 15.7 Å². The van der Waals surface area contributed by atoms with Crippen LogP contribution in [0.2, 0.25) is 0 Å². The van der Waals surface area contributed by atoms with Crippen LogP contribution in [0.5, 0.6) is 0 Å². The highest BCUT2D eigenvalue weighted by Crippen LogP contribution is 2.30. The Morgan fingerprint density at radius 1 is 1.32 bits per heavy atom. The van der Waals surface area contributed by atoms with Crippen molar-refractivity contribution in [2.45, 2.75) is 44.6 Å². The molecule has 0 aromatic heterocycles. The molecule has 1 fully saturated rings. The molecule has 0 saturated carbocycles. The van der Waals surface area contributed by atoms with Gasteiger partial charge in [-0.15, -0.1) is 0 Å². The van der Waals surface area contributed by atoms with Crippen molar-refractivity contribution in [1.29, 1.82) is 0 Å². The number of piperidine rings is 1. The Hall–Kier alpha value is -1.07. The maximum absolute atomic E-state index is 12.7. The van der Waals surface area contributed by atoms with Crippen molar-refractivity contribution in [1.82, 2.24) is 4.31 Å². The average Bonchev–Trinajstić information content (AvgIpc) is 2.27. The minimum Gasteiger partial charge on any atom is -0.398 e. The molecule has 0 bridgehead atoms. The maximum atomic E-state index is 12.7.